The van der Waals surface area contributed by atoms with Crippen LogP contribution in [0, 0.1) is 0 Å². The largest absolute Gasteiger partial charge is 0.383 e. The van der Waals surface area contributed by atoms with Gasteiger partial charge in [-0.1, -0.05) is 0 Å². The van der Waals surface area contributed by atoms with Crippen LogP contribution in [0.3, 0.4) is 0 Å². The fourth-order valence-corrected chi connectivity index (χ4v) is 1.19. The lowest BCUT2D eigenvalue weighted by Gasteiger charge is -2.05. The molecule has 2 N–H and O–H groups in total. The molecule has 1 aromatic rings. The van der Waals surface area contributed by atoms with Gasteiger partial charge in [-0.15, -0.1) is 0 Å². The minimum atomic E-state index is -2.68. The molecule has 0 saturated carbocycles. The topological polar surface area (TPSA) is 56.0 Å². The normalized spacial score (nSPS) is 10.5. The number of nitrogens with two attached hydrogens (primary N) is 1. The van der Waals surface area contributed by atoms with E-state index in [9.17, 15) is 13.6 Å². The molecule has 0 aliphatic rings. The summed E-state index contributed by atoms with van der Waals surface area (Å²) in [6.45, 7) is 0. The Labute approximate surface area is 81.1 Å². The Balaban J connectivity index is 3.32. The van der Waals surface area contributed by atoms with Gasteiger partial charge in [-0.05, 0) is 22.0 Å². The van der Waals surface area contributed by atoms with Crippen molar-refractivity contribution in [3.05, 3.63) is 21.8 Å². The second-order valence-corrected chi connectivity index (χ2v) is 3.05. The molecule has 1 heterocycles. The first kappa shape index (κ1) is 10.0. The van der Waals surface area contributed by atoms with Crippen LogP contribution in [-0.2, 0) is 0 Å². The summed E-state index contributed by atoms with van der Waals surface area (Å²) in [5.74, 6) is -0.111. The lowest BCUT2D eigenvalue weighted by molar-refractivity contribution is 0.111. The van der Waals surface area contributed by atoms with Gasteiger partial charge >= 0.3 is 0 Å². The number of hydrogen-bond donors (Lipinski definition) is 1. The molecule has 0 amide bonds. The number of carbonyl (C=O) groups is 1. The fraction of sp³-hybridized carbons (Fsp3) is 0.143. The van der Waals surface area contributed by atoms with E-state index in [0.717, 1.165) is 6.07 Å². The van der Waals surface area contributed by atoms with Gasteiger partial charge in [0.25, 0.3) is 6.43 Å². The van der Waals surface area contributed by atoms with Crippen molar-refractivity contribution in [1.82, 2.24) is 4.98 Å². The molecule has 1 rings (SSSR count). The highest BCUT2D eigenvalue weighted by molar-refractivity contribution is 9.10. The average molecular weight is 251 g/mol. The van der Waals surface area contributed by atoms with E-state index in [1.165, 1.54) is 0 Å². The smallest absolute Gasteiger partial charge is 0.265 e. The summed E-state index contributed by atoms with van der Waals surface area (Å²) in [4.78, 5) is 13.8. The Morgan fingerprint density at radius 2 is 2.23 bits per heavy atom. The van der Waals surface area contributed by atoms with E-state index in [1.54, 1.807) is 0 Å². The predicted molar refractivity (Wildman–Crippen MR) is 46.7 cm³/mol. The molecule has 0 bridgehead atoms. The second kappa shape index (κ2) is 3.78. The first-order valence-electron chi connectivity index (χ1n) is 3.25. The number of anilines is 1. The van der Waals surface area contributed by atoms with Gasteiger partial charge in [0, 0.05) is 5.56 Å². The van der Waals surface area contributed by atoms with Crippen LogP contribution in [0.2, 0.25) is 0 Å². The lowest BCUT2D eigenvalue weighted by atomic mass is 10.2. The van der Waals surface area contributed by atoms with Gasteiger partial charge < -0.3 is 5.73 Å². The van der Waals surface area contributed by atoms with Crippen molar-refractivity contribution in [2.75, 3.05) is 5.73 Å². The molecule has 3 nitrogen and oxygen atoms in total. The highest BCUT2D eigenvalue weighted by atomic mass is 79.9. The summed E-state index contributed by atoms with van der Waals surface area (Å²) >= 11 is 2.86. The average Bonchev–Trinajstić information content (AvgIpc) is 2.09. The quantitative estimate of drug-likeness (QED) is 0.819. The van der Waals surface area contributed by atoms with Gasteiger partial charge in [-0.25, -0.2) is 13.8 Å². The minimum absolute atomic E-state index is 0.0353. The summed E-state index contributed by atoms with van der Waals surface area (Å²) in [6.07, 6.45) is -2.31. The first-order valence-corrected chi connectivity index (χ1v) is 4.04. The van der Waals surface area contributed by atoms with Crippen molar-refractivity contribution in [2.24, 2.45) is 0 Å². The van der Waals surface area contributed by atoms with E-state index in [4.69, 9.17) is 5.73 Å². The maximum absolute atomic E-state index is 12.3. The van der Waals surface area contributed by atoms with E-state index < -0.39 is 6.43 Å². The molecular formula is C7H5BrF2N2O. The lowest BCUT2D eigenvalue weighted by Crippen LogP contribution is -2.00. The number of aromatic nitrogens is 1. The van der Waals surface area contributed by atoms with Crippen molar-refractivity contribution in [3.63, 3.8) is 0 Å². The second-order valence-electron chi connectivity index (χ2n) is 2.25. The number of nitrogen functional groups attached to an aromatic ring is 1. The zero-order chi connectivity index (χ0) is 10.0. The van der Waals surface area contributed by atoms with Crippen molar-refractivity contribution < 1.29 is 13.6 Å². The number of alkyl halides is 2. The van der Waals surface area contributed by atoms with E-state index >= 15 is 0 Å². The van der Waals surface area contributed by atoms with Crippen molar-refractivity contribution in [2.45, 2.75) is 6.43 Å². The predicted octanol–water partition coefficient (Wildman–Crippen LogP) is 2.18. The maximum atomic E-state index is 12.3. The van der Waals surface area contributed by atoms with E-state index in [1.807, 2.05) is 0 Å². The Morgan fingerprint density at radius 1 is 1.62 bits per heavy atom. The van der Waals surface area contributed by atoms with Crippen molar-refractivity contribution in [3.8, 4) is 0 Å². The van der Waals surface area contributed by atoms with Crippen LogP contribution in [0.15, 0.2) is 10.5 Å². The summed E-state index contributed by atoms with van der Waals surface area (Å²) in [5, 5.41) is 0. The van der Waals surface area contributed by atoms with Gasteiger partial charge in [-0.3, -0.25) is 4.79 Å². The Kier molecular flexibility index (Phi) is 2.92. The van der Waals surface area contributed by atoms with Gasteiger partial charge in [0.05, 0.1) is 4.47 Å². The molecule has 6 heteroatoms. The highest BCUT2D eigenvalue weighted by Crippen LogP contribution is 2.30. The molecule has 0 unspecified atom stereocenters. The molecule has 0 radical (unpaired) electrons. The van der Waals surface area contributed by atoms with Crippen molar-refractivity contribution >= 4 is 28.0 Å². The standard InChI is InChI=1S/C7H5BrF2N2O/c8-5-4(6(9)10)1-3(2-13)12-7(5)11/h1-2,6H,(H2,11,12). The minimum Gasteiger partial charge on any atom is -0.383 e. The number of carbonyl (C=O) groups excluding carboxylic acids is 1. The molecule has 0 atom stereocenters. The van der Waals surface area contributed by atoms with Crippen LogP contribution in [0.25, 0.3) is 0 Å². The SMILES string of the molecule is Nc1nc(C=O)cc(C(F)F)c1Br. The number of hydrogen-bond acceptors (Lipinski definition) is 3. The fourth-order valence-electron chi connectivity index (χ4n) is 0.810. The zero-order valence-corrected chi connectivity index (χ0v) is 7.88. The van der Waals surface area contributed by atoms with Crippen LogP contribution < -0.4 is 5.73 Å². The molecule has 0 fully saturated rings. The highest BCUT2D eigenvalue weighted by Gasteiger charge is 2.15. The summed E-state index contributed by atoms with van der Waals surface area (Å²) in [6, 6.07) is 0.998. The molecule has 0 aromatic carbocycles. The first-order chi connectivity index (χ1) is 6.06. The third-order valence-corrected chi connectivity index (χ3v) is 2.25. The van der Waals surface area contributed by atoms with Crippen LogP contribution in [0.5, 0.6) is 0 Å². The molecule has 0 spiro atoms. The van der Waals surface area contributed by atoms with E-state index in [0.29, 0.717) is 6.29 Å². The molecule has 0 saturated heterocycles. The Bertz CT molecular complexity index is 344. The number of halogens is 3. The number of pyridine rings is 1. The van der Waals surface area contributed by atoms with Crippen molar-refractivity contribution in [1.29, 1.82) is 0 Å². The summed E-state index contributed by atoms with van der Waals surface area (Å²) in [5.41, 5.74) is 4.86. The molecular weight excluding hydrogens is 246 g/mol. The summed E-state index contributed by atoms with van der Waals surface area (Å²) < 4.78 is 24.6. The number of nitrogens with zero attached hydrogens (tertiary/aromatic N) is 1. The summed E-state index contributed by atoms with van der Waals surface area (Å²) in [7, 11) is 0. The molecule has 70 valence electrons. The van der Waals surface area contributed by atoms with Gasteiger partial charge in [0.1, 0.15) is 11.5 Å². The van der Waals surface area contributed by atoms with E-state index in [-0.39, 0.29) is 21.5 Å². The third kappa shape index (κ3) is 2.00. The zero-order valence-electron chi connectivity index (χ0n) is 6.30. The Morgan fingerprint density at radius 3 is 2.69 bits per heavy atom. The monoisotopic (exact) mass is 250 g/mol. The van der Waals surface area contributed by atoms with Gasteiger partial charge in [0.15, 0.2) is 6.29 Å². The number of aldehydes is 1. The van der Waals surface area contributed by atoms with E-state index in [2.05, 4.69) is 20.9 Å². The van der Waals surface area contributed by atoms with Gasteiger partial charge in [-0.2, -0.15) is 0 Å². The molecule has 13 heavy (non-hydrogen) atoms. The van der Waals surface area contributed by atoms with Gasteiger partial charge in [0.2, 0.25) is 0 Å². The third-order valence-electron chi connectivity index (χ3n) is 1.39. The molecule has 1 aromatic heterocycles. The molecule has 0 aliphatic heterocycles. The molecule has 0 aliphatic carbocycles. The Hall–Kier alpha value is -1.04. The van der Waals surface area contributed by atoms with Crippen LogP contribution in [-0.4, -0.2) is 11.3 Å². The van der Waals surface area contributed by atoms with Crippen LogP contribution in [0.4, 0.5) is 14.6 Å². The van der Waals surface area contributed by atoms with Crippen LogP contribution in [0.1, 0.15) is 22.5 Å². The maximum Gasteiger partial charge on any atom is 0.265 e. The number of rotatable bonds is 2. The van der Waals surface area contributed by atoms with Crippen LogP contribution >= 0.6 is 15.9 Å².